The van der Waals surface area contributed by atoms with Gasteiger partial charge in [0.15, 0.2) is 0 Å². The van der Waals surface area contributed by atoms with E-state index >= 15 is 0 Å². The summed E-state index contributed by atoms with van der Waals surface area (Å²) in [5.41, 5.74) is 1.93. The van der Waals surface area contributed by atoms with Crippen molar-refractivity contribution >= 4 is 33.4 Å². The molecule has 0 fully saturated rings. The second-order valence-corrected chi connectivity index (χ2v) is 6.13. The molecule has 0 amide bonds. The molecule has 2 nitrogen and oxygen atoms in total. The van der Waals surface area contributed by atoms with Crippen LogP contribution < -0.4 is 10.1 Å². The Hall–Kier alpha value is -1.27. The van der Waals surface area contributed by atoms with Crippen LogP contribution in [-0.2, 0) is 6.54 Å². The molecule has 0 saturated carbocycles. The summed E-state index contributed by atoms with van der Waals surface area (Å²) in [5, 5.41) is 3.25. The molecule has 2 aromatic carbocycles. The molecule has 112 valence electrons. The van der Waals surface area contributed by atoms with E-state index in [0.717, 1.165) is 21.5 Å². The lowest BCUT2D eigenvalue weighted by atomic mass is 10.2. The molecule has 1 N–H and O–H groups in total. The van der Waals surface area contributed by atoms with E-state index in [0.29, 0.717) is 23.2 Å². The average Bonchev–Trinajstić information content (AvgIpc) is 2.47. The predicted molar refractivity (Wildman–Crippen MR) is 86.3 cm³/mol. The number of alkyl halides is 2. The van der Waals surface area contributed by atoms with Crippen molar-refractivity contribution in [2.24, 2.45) is 0 Å². The lowest BCUT2D eigenvalue weighted by Gasteiger charge is -2.10. The Bertz CT molecular complexity index is 593. The summed E-state index contributed by atoms with van der Waals surface area (Å²) in [4.78, 5) is 0.554. The second kappa shape index (κ2) is 7.66. The van der Waals surface area contributed by atoms with Crippen LogP contribution >= 0.6 is 27.7 Å². The third kappa shape index (κ3) is 4.89. The fourth-order valence-electron chi connectivity index (χ4n) is 1.77. The Morgan fingerprint density at radius 3 is 2.52 bits per heavy atom. The highest BCUT2D eigenvalue weighted by Crippen LogP contribution is 2.27. The highest BCUT2D eigenvalue weighted by molar-refractivity contribution is 9.10. The number of hydrogen-bond donors (Lipinski definition) is 1. The first-order valence-corrected chi connectivity index (χ1v) is 7.87. The summed E-state index contributed by atoms with van der Waals surface area (Å²) in [7, 11) is 1.62. The standard InChI is InChI=1S/C15H14BrF2NOS/c1-20-12-4-7-14(16)10(8-12)9-19-11-2-5-13(6-3-11)21-15(17)18/h2-8,15,19H,9H2,1H3. The van der Waals surface area contributed by atoms with Gasteiger partial charge in [-0.25, -0.2) is 0 Å². The van der Waals surface area contributed by atoms with E-state index in [4.69, 9.17) is 4.74 Å². The number of thioether (sulfide) groups is 1. The maximum Gasteiger partial charge on any atom is 0.288 e. The maximum atomic E-state index is 12.2. The Labute approximate surface area is 135 Å². The molecule has 0 unspecified atom stereocenters. The SMILES string of the molecule is COc1ccc(Br)c(CNc2ccc(SC(F)F)cc2)c1. The zero-order chi connectivity index (χ0) is 15.2. The van der Waals surface area contributed by atoms with Gasteiger partial charge in [-0.3, -0.25) is 0 Å². The van der Waals surface area contributed by atoms with Crippen molar-refractivity contribution in [1.29, 1.82) is 0 Å². The molecule has 0 aliphatic rings. The molecule has 0 bridgehead atoms. The molecule has 0 saturated heterocycles. The van der Waals surface area contributed by atoms with E-state index in [2.05, 4.69) is 21.2 Å². The van der Waals surface area contributed by atoms with Crippen LogP contribution in [0, 0.1) is 0 Å². The third-order valence-electron chi connectivity index (χ3n) is 2.82. The number of hydrogen-bond acceptors (Lipinski definition) is 3. The zero-order valence-electron chi connectivity index (χ0n) is 11.3. The lowest BCUT2D eigenvalue weighted by Crippen LogP contribution is -2.00. The van der Waals surface area contributed by atoms with Crippen molar-refractivity contribution in [2.75, 3.05) is 12.4 Å². The summed E-state index contributed by atoms with van der Waals surface area (Å²) in [5.74, 6) is -1.60. The first-order chi connectivity index (χ1) is 10.1. The van der Waals surface area contributed by atoms with Gasteiger partial charge in [0.05, 0.1) is 7.11 Å². The van der Waals surface area contributed by atoms with Crippen LogP contribution in [-0.4, -0.2) is 12.9 Å². The summed E-state index contributed by atoms with van der Waals surface area (Å²) < 4.78 is 30.7. The number of rotatable bonds is 6. The van der Waals surface area contributed by atoms with E-state index in [1.807, 2.05) is 18.2 Å². The molecule has 21 heavy (non-hydrogen) atoms. The highest BCUT2D eigenvalue weighted by atomic mass is 79.9. The minimum absolute atomic E-state index is 0.544. The van der Waals surface area contributed by atoms with Gasteiger partial charge in [0, 0.05) is 21.6 Å². The molecule has 0 spiro atoms. The predicted octanol–water partition coefficient (Wildman–Crippen LogP) is 5.38. The first-order valence-electron chi connectivity index (χ1n) is 6.19. The van der Waals surface area contributed by atoms with Gasteiger partial charge in [0.2, 0.25) is 0 Å². The molecule has 0 heterocycles. The Balaban J connectivity index is 1.99. The van der Waals surface area contributed by atoms with Crippen LogP contribution in [0.2, 0.25) is 0 Å². The van der Waals surface area contributed by atoms with Crippen LogP contribution in [0.5, 0.6) is 5.75 Å². The molecule has 0 aliphatic heterocycles. The Morgan fingerprint density at radius 2 is 1.90 bits per heavy atom. The van der Waals surface area contributed by atoms with Crippen molar-refractivity contribution in [3.63, 3.8) is 0 Å². The molecule has 2 rings (SSSR count). The van der Waals surface area contributed by atoms with Crippen molar-refractivity contribution in [1.82, 2.24) is 0 Å². The number of nitrogens with one attached hydrogen (secondary N) is 1. The fraction of sp³-hybridized carbons (Fsp3) is 0.200. The number of ether oxygens (including phenoxy) is 1. The van der Waals surface area contributed by atoms with Gasteiger partial charge >= 0.3 is 0 Å². The molecule has 0 radical (unpaired) electrons. The highest BCUT2D eigenvalue weighted by Gasteiger charge is 2.05. The molecular weight excluding hydrogens is 360 g/mol. The van der Waals surface area contributed by atoms with Crippen molar-refractivity contribution < 1.29 is 13.5 Å². The minimum Gasteiger partial charge on any atom is -0.497 e. The molecular formula is C15H14BrF2NOS. The van der Waals surface area contributed by atoms with Crippen molar-refractivity contribution in [2.45, 2.75) is 17.2 Å². The van der Waals surface area contributed by atoms with Gasteiger partial charge < -0.3 is 10.1 Å². The molecule has 0 aromatic heterocycles. The zero-order valence-corrected chi connectivity index (χ0v) is 13.7. The van der Waals surface area contributed by atoms with Gasteiger partial charge in [0.1, 0.15) is 5.75 Å². The second-order valence-electron chi connectivity index (χ2n) is 4.21. The van der Waals surface area contributed by atoms with Crippen LogP contribution in [0.1, 0.15) is 5.56 Å². The number of methoxy groups -OCH3 is 1. The average molecular weight is 374 g/mol. The van der Waals surface area contributed by atoms with Crippen molar-refractivity contribution in [3.05, 3.63) is 52.5 Å². The molecule has 6 heteroatoms. The molecule has 2 aromatic rings. The quantitative estimate of drug-likeness (QED) is 0.686. The largest absolute Gasteiger partial charge is 0.497 e. The van der Waals surface area contributed by atoms with Gasteiger partial charge in [0.25, 0.3) is 5.76 Å². The number of anilines is 1. The smallest absolute Gasteiger partial charge is 0.288 e. The number of benzene rings is 2. The van der Waals surface area contributed by atoms with Gasteiger partial charge in [-0.15, -0.1) is 0 Å². The summed E-state index contributed by atoms with van der Waals surface area (Å²) in [6, 6.07) is 12.7. The lowest BCUT2D eigenvalue weighted by molar-refractivity contribution is 0.252. The van der Waals surface area contributed by atoms with Gasteiger partial charge in [-0.2, -0.15) is 8.78 Å². The van der Waals surface area contributed by atoms with Gasteiger partial charge in [-0.1, -0.05) is 27.7 Å². The summed E-state index contributed by atoms with van der Waals surface area (Å²) in [6.07, 6.45) is 0. The normalized spacial score (nSPS) is 10.7. The fourth-order valence-corrected chi connectivity index (χ4v) is 2.65. The van der Waals surface area contributed by atoms with Crippen LogP contribution in [0.15, 0.2) is 51.8 Å². The van der Waals surface area contributed by atoms with Crippen LogP contribution in [0.3, 0.4) is 0 Å². The van der Waals surface area contributed by atoms with Crippen molar-refractivity contribution in [3.8, 4) is 5.75 Å². The Kier molecular flexibility index (Phi) is 5.87. The van der Waals surface area contributed by atoms with Gasteiger partial charge in [-0.05, 0) is 48.0 Å². The van der Waals surface area contributed by atoms with Crippen LogP contribution in [0.4, 0.5) is 14.5 Å². The Morgan fingerprint density at radius 1 is 1.19 bits per heavy atom. The number of halogens is 3. The molecule has 0 atom stereocenters. The third-order valence-corrected chi connectivity index (χ3v) is 4.31. The van der Waals surface area contributed by atoms with E-state index in [1.54, 1.807) is 31.4 Å². The van der Waals surface area contributed by atoms with E-state index in [1.165, 1.54) is 0 Å². The summed E-state index contributed by atoms with van der Waals surface area (Å²) in [6.45, 7) is 0.610. The van der Waals surface area contributed by atoms with E-state index in [-0.39, 0.29) is 0 Å². The molecule has 0 aliphatic carbocycles. The van der Waals surface area contributed by atoms with E-state index in [9.17, 15) is 8.78 Å². The van der Waals surface area contributed by atoms with E-state index < -0.39 is 5.76 Å². The first kappa shape index (κ1) is 16.1. The monoisotopic (exact) mass is 373 g/mol. The maximum absolute atomic E-state index is 12.2. The summed E-state index contributed by atoms with van der Waals surface area (Å²) >= 11 is 4.03. The minimum atomic E-state index is -2.39. The van der Waals surface area contributed by atoms with Crippen LogP contribution in [0.25, 0.3) is 0 Å². The topological polar surface area (TPSA) is 21.3 Å².